The van der Waals surface area contributed by atoms with Crippen LogP contribution in [0.3, 0.4) is 0 Å². The van der Waals surface area contributed by atoms with E-state index in [1.54, 1.807) is 13.1 Å². The number of likely N-dealkylation sites (tertiary alicyclic amines) is 1. The number of aryl methyl sites for hydroxylation is 2. The van der Waals surface area contributed by atoms with E-state index in [2.05, 4.69) is 18.2 Å². The summed E-state index contributed by atoms with van der Waals surface area (Å²) in [7, 11) is 0. The minimum absolute atomic E-state index is 0.0626. The molecule has 1 aliphatic heterocycles. The number of carbonyl (C=O) groups is 1. The Hall–Kier alpha value is -2.07. The molecule has 5 heteroatoms. The van der Waals surface area contributed by atoms with Gasteiger partial charge in [0, 0.05) is 36.7 Å². The molecule has 2 aliphatic rings. The molecule has 1 fully saturated rings. The number of amides is 1. The summed E-state index contributed by atoms with van der Waals surface area (Å²) in [6, 6.07) is 10.00. The van der Waals surface area contributed by atoms with E-state index >= 15 is 0 Å². The second-order valence-corrected chi connectivity index (χ2v) is 7.85. The number of benzene rings is 1. The third kappa shape index (κ3) is 3.07. The highest BCUT2D eigenvalue weighted by Crippen LogP contribution is 2.42. The summed E-state index contributed by atoms with van der Waals surface area (Å²) in [6.07, 6.45) is 5.20. The molecule has 1 saturated heterocycles. The van der Waals surface area contributed by atoms with Crippen molar-refractivity contribution in [2.24, 2.45) is 5.92 Å². The molecule has 1 aliphatic carbocycles. The van der Waals surface area contributed by atoms with Crippen molar-refractivity contribution < 1.29 is 9.52 Å². The van der Waals surface area contributed by atoms with E-state index in [0.717, 1.165) is 59.8 Å². The highest BCUT2D eigenvalue weighted by Gasteiger charge is 2.38. The van der Waals surface area contributed by atoms with Crippen LogP contribution >= 0.6 is 11.6 Å². The summed E-state index contributed by atoms with van der Waals surface area (Å²) in [6.45, 7) is 3.16. The van der Waals surface area contributed by atoms with E-state index in [0.29, 0.717) is 5.92 Å². The monoisotopic (exact) mass is 370 g/mol. The second-order valence-electron chi connectivity index (χ2n) is 7.41. The molecule has 136 valence electrons. The van der Waals surface area contributed by atoms with E-state index in [9.17, 15) is 10.0 Å². The van der Waals surface area contributed by atoms with Crippen molar-refractivity contribution in [3.8, 4) is 0 Å². The Bertz CT molecular complexity index is 844. The maximum Gasteiger partial charge on any atom is 0.219 e. The number of rotatable bonds is 1. The van der Waals surface area contributed by atoms with E-state index in [-0.39, 0.29) is 11.8 Å². The first kappa shape index (κ1) is 17.3. The zero-order chi connectivity index (χ0) is 18.3. The van der Waals surface area contributed by atoms with Gasteiger partial charge < -0.3 is 10.1 Å². The molecule has 1 atom stereocenters. The molecular formula is C21H23ClN2O2. The van der Waals surface area contributed by atoms with Gasteiger partial charge in [-0.3, -0.25) is 4.79 Å². The lowest BCUT2D eigenvalue weighted by Crippen LogP contribution is -2.42. The predicted molar refractivity (Wildman–Crippen MR) is 101 cm³/mol. The topological polar surface area (TPSA) is 47.2 Å². The fraction of sp³-hybridized carbons (Fsp3) is 0.429. The van der Waals surface area contributed by atoms with Crippen LogP contribution in [0.25, 0.3) is 0 Å². The van der Waals surface area contributed by atoms with Crippen LogP contribution in [0.5, 0.6) is 0 Å². The summed E-state index contributed by atoms with van der Waals surface area (Å²) in [5.74, 6) is 0.549. The number of fused-ring (bicyclic) bond motifs is 2. The van der Waals surface area contributed by atoms with Crippen molar-refractivity contribution in [2.45, 2.75) is 38.5 Å². The molecule has 1 unspecified atom stereocenters. The molecule has 0 bridgehead atoms. The molecule has 1 aromatic carbocycles. The number of hydrogen-bond donors (Lipinski definition) is 0. The third-order valence-corrected chi connectivity index (χ3v) is 6.18. The zero-order valence-corrected chi connectivity index (χ0v) is 15.7. The highest BCUT2D eigenvalue weighted by molar-refractivity contribution is 6.30. The average Bonchev–Trinajstić information content (AvgIpc) is 2.79. The molecule has 0 N–H and O–H groups in total. The minimum atomic E-state index is 0.0626. The van der Waals surface area contributed by atoms with Gasteiger partial charge in [0.1, 0.15) is 0 Å². The standard InChI is InChI=1S/C21H23ClN2O2/c1-14(25)23-11-8-15(9-12-23)20-19-7-6-18(22)13-17(19)5-4-16-3-2-10-24(26)21(16)20/h2-3,6-7,10,13,15,20H,4-5,8-9,11-12H2,1H3. The van der Waals surface area contributed by atoms with Crippen LogP contribution in [0.15, 0.2) is 36.5 Å². The van der Waals surface area contributed by atoms with Crippen LogP contribution in [0, 0.1) is 11.1 Å². The Morgan fingerprint density at radius 1 is 1.19 bits per heavy atom. The molecular weight excluding hydrogens is 348 g/mol. The number of aromatic nitrogens is 1. The van der Waals surface area contributed by atoms with E-state index in [1.807, 2.05) is 17.0 Å². The van der Waals surface area contributed by atoms with Crippen molar-refractivity contribution >= 4 is 17.5 Å². The van der Waals surface area contributed by atoms with Crippen molar-refractivity contribution in [2.75, 3.05) is 13.1 Å². The second kappa shape index (κ2) is 6.92. The first-order chi connectivity index (χ1) is 12.5. The van der Waals surface area contributed by atoms with E-state index in [1.165, 1.54) is 11.1 Å². The lowest BCUT2D eigenvalue weighted by molar-refractivity contribution is -0.616. The van der Waals surface area contributed by atoms with E-state index in [4.69, 9.17) is 11.6 Å². The maximum atomic E-state index is 12.7. The third-order valence-electron chi connectivity index (χ3n) is 5.94. The number of piperidine rings is 1. The largest absolute Gasteiger partial charge is 0.618 e. The maximum absolute atomic E-state index is 12.7. The van der Waals surface area contributed by atoms with Crippen LogP contribution < -0.4 is 4.73 Å². The lowest BCUT2D eigenvalue weighted by atomic mass is 9.76. The van der Waals surface area contributed by atoms with Gasteiger partial charge >= 0.3 is 0 Å². The molecule has 26 heavy (non-hydrogen) atoms. The van der Waals surface area contributed by atoms with Gasteiger partial charge in [-0.25, -0.2) is 0 Å². The Morgan fingerprint density at radius 3 is 2.65 bits per heavy atom. The number of nitrogens with zero attached hydrogens (tertiary/aromatic N) is 2. The van der Waals surface area contributed by atoms with Gasteiger partial charge in [-0.1, -0.05) is 17.7 Å². The van der Waals surface area contributed by atoms with Crippen molar-refractivity contribution in [3.63, 3.8) is 0 Å². The minimum Gasteiger partial charge on any atom is -0.618 e. The van der Waals surface area contributed by atoms with Crippen LogP contribution in [0.4, 0.5) is 0 Å². The first-order valence-corrected chi connectivity index (χ1v) is 9.67. The quantitative estimate of drug-likeness (QED) is 0.570. The zero-order valence-electron chi connectivity index (χ0n) is 15.0. The lowest BCUT2D eigenvalue weighted by Gasteiger charge is -2.35. The summed E-state index contributed by atoms with van der Waals surface area (Å²) in [5.41, 5.74) is 4.49. The fourth-order valence-corrected chi connectivity index (χ4v) is 4.82. The van der Waals surface area contributed by atoms with Gasteiger partial charge in [-0.2, -0.15) is 4.73 Å². The van der Waals surface area contributed by atoms with Crippen LogP contribution in [0.1, 0.15) is 48.1 Å². The van der Waals surface area contributed by atoms with Crippen molar-refractivity contribution in [1.29, 1.82) is 0 Å². The average molecular weight is 371 g/mol. The Kier molecular flexibility index (Phi) is 4.62. The summed E-state index contributed by atoms with van der Waals surface area (Å²) in [5, 5.41) is 13.5. The van der Waals surface area contributed by atoms with Gasteiger partial charge in [0.15, 0.2) is 6.20 Å². The van der Waals surface area contributed by atoms with Gasteiger partial charge in [-0.15, -0.1) is 0 Å². The molecule has 4 nitrogen and oxygen atoms in total. The van der Waals surface area contributed by atoms with Gasteiger partial charge in [0.25, 0.3) is 0 Å². The van der Waals surface area contributed by atoms with Gasteiger partial charge in [0.2, 0.25) is 11.6 Å². The highest BCUT2D eigenvalue weighted by atomic mass is 35.5. The predicted octanol–water partition coefficient (Wildman–Crippen LogP) is 3.46. The number of hydrogen-bond acceptors (Lipinski definition) is 2. The summed E-state index contributed by atoms with van der Waals surface area (Å²) < 4.78 is 1.06. The SMILES string of the molecule is CC(=O)N1CCC(C2c3ccc(Cl)cc3CCc3ccc[n+]([O-])c32)CC1. The van der Waals surface area contributed by atoms with Crippen LogP contribution in [0.2, 0.25) is 5.02 Å². The summed E-state index contributed by atoms with van der Waals surface area (Å²) >= 11 is 6.25. The van der Waals surface area contributed by atoms with Gasteiger partial charge in [-0.05, 0) is 60.9 Å². The Balaban J connectivity index is 1.78. The molecule has 2 heterocycles. The molecule has 0 spiro atoms. The smallest absolute Gasteiger partial charge is 0.219 e. The fourth-order valence-electron chi connectivity index (χ4n) is 4.63. The number of pyridine rings is 1. The molecule has 2 aromatic rings. The van der Waals surface area contributed by atoms with Crippen molar-refractivity contribution in [3.05, 3.63) is 69.1 Å². The molecule has 4 rings (SSSR count). The van der Waals surface area contributed by atoms with Crippen LogP contribution in [-0.2, 0) is 17.6 Å². The van der Waals surface area contributed by atoms with Gasteiger partial charge in [0.05, 0.1) is 5.92 Å². The first-order valence-electron chi connectivity index (χ1n) is 9.29. The Labute approximate surface area is 159 Å². The molecule has 0 radical (unpaired) electrons. The Morgan fingerprint density at radius 2 is 1.92 bits per heavy atom. The molecule has 1 aromatic heterocycles. The normalized spacial score (nSPS) is 20.2. The summed E-state index contributed by atoms with van der Waals surface area (Å²) in [4.78, 5) is 13.6. The van der Waals surface area contributed by atoms with Crippen LogP contribution in [-0.4, -0.2) is 23.9 Å². The number of halogens is 1. The van der Waals surface area contributed by atoms with E-state index < -0.39 is 0 Å². The van der Waals surface area contributed by atoms with Crippen molar-refractivity contribution in [1.82, 2.24) is 4.90 Å². The number of carbonyl (C=O) groups excluding carboxylic acids is 1. The molecule has 0 saturated carbocycles. The molecule has 1 amide bonds.